The van der Waals surface area contributed by atoms with Crippen LogP contribution in [0.1, 0.15) is 65.7 Å². The van der Waals surface area contributed by atoms with Crippen molar-refractivity contribution in [3.05, 3.63) is 11.8 Å². The normalized spacial score (nSPS) is 25.1. The van der Waals surface area contributed by atoms with Gasteiger partial charge in [0, 0.05) is 12.0 Å². The van der Waals surface area contributed by atoms with Crippen molar-refractivity contribution < 1.29 is 9.15 Å². The van der Waals surface area contributed by atoms with E-state index in [9.17, 15) is 0 Å². The van der Waals surface area contributed by atoms with E-state index in [-0.39, 0.29) is 23.2 Å². The zero-order valence-electron chi connectivity index (χ0n) is 12.8. The second-order valence-corrected chi connectivity index (χ2v) is 6.79. The van der Waals surface area contributed by atoms with Crippen LogP contribution in [0, 0.1) is 0 Å². The van der Waals surface area contributed by atoms with E-state index in [0.29, 0.717) is 18.3 Å². The second kappa shape index (κ2) is 4.87. The maximum Gasteiger partial charge on any atom is 0.230 e. The predicted octanol–water partition coefficient (Wildman–Crippen LogP) is 2.63. The molecule has 0 amide bonds. The molecule has 19 heavy (non-hydrogen) atoms. The second-order valence-electron chi connectivity index (χ2n) is 6.79. The molecule has 0 aliphatic carbocycles. The standard InChI is InChI=1S/C14H25N3O2/c1-9(2)12-17-16-11(18-12)8-15-10-7-13(3,4)19-14(10,5)6/h9-10,15H,7-8H2,1-6H3. The van der Waals surface area contributed by atoms with E-state index in [1.165, 1.54) is 0 Å². The Morgan fingerprint density at radius 1 is 1.26 bits per heavy atom. The maximum atomic E-state index is 6.05. The van der Waals surface area contributed by atoms with E-state index in [1.807, 2.05) is 13.8 Å². The topological polar surface area (TPSA) is 60.2 Å². The van der Waals surface area contributed by atoms with Crippen molar-refractivity contribution >= 4 is 0 Å². The highest BCUT2D eigenvalue weighted by Crippen LogP contribution is 2.37. The number of hydrogen-bond donors (Lipinski definition) is 1. The third kappa shape index (κ3) is 3.34. The molecule has 1 fully saturated rings. The van der Waals surface area contributed by atoms with E-state index < -0.39 is 0 Å². The number of hydrogen-bond acceptors (Lipinski definition) is 5. The van der Waals surface area contributed by atoms with E-state index in [1.54, 1.807) is 0 Å². The number of aromatic nitrogens is 2. The van der Waals surface area contributed by atoms with E-state index in [4.69, 9.17) is 9.15 Å². The molecule has 2 rings (SSSR count). The zero-order valence-corrected chi connectivity index (χ0v) is 12.8. The Morgan fingerprint density at radius 2 is 1.95 bits per heavy atom. The molecule has 0 saturated carbocycles. The summed E-state index contributed by atoms with van der Waals surface area (Å²) in [5.74, 6) is 1.61. The van der Waals surface area contributed by atoms with Crippen molar-refractivity contribution in [3.63, 3.8) is 0 Å². The van der Waals surface area contributed by atoms with Gasteiger partial charge in [-0.25, -0.2) is 0 Å². The quantitative estimate of drug-likeness (QED) is 0.908. The summed E-state index contributed by atoms with van der Waals surface area (Å²) < 4.78 is 11.7. The summed E-state index contributed by atoms with van der Waals surface area (Å²) in [4.78, 5) is 0. The third-order valence-electron chi connectivity index (χ3n) is 3.55. The monoisotopic (exact) mass is 267 g/mol. The predicted molar refractivity (Wildman–Crippen MR) is 72.9 cm³/mol. The molecule has 1 unspecified atom stereocenters. The molecule has 108 valence electrons. The summed E-state index contributed by atoms with van der Waals surface area (Å²) in [6.07, 6.45) is 0.977. The number of nitrogens with one attached hydrogen (secondary N) is 1. The first-order valence-corrected chi connectivity index (χ1v) is 6.95. The van der Waals surface area contributed by atoms with Crippen LogP contribution in [0.3, 0.4) is 0 Å². The summed E-state index contributed by atoms with van der Waals surface area (Å²) in [6, 6.07) is 0.289. The van der Waals surface area contributed by atoms with Crippen LogP contribution in [-0.4, -0.2) is 27.4 Å². The Balaban J connectivity index is 1.95. The van der Waals surface area contributed by atoms with Gasteiger partial charge in [0.15, 0.2) is 0 Å². The first-order chi connectivity index (χ1) is 8.70. The van der Waals surface area contributed by atoms with Crippen molar-refractivity contribution in [3.8, 4) is 0 Å². The van der Waals surface area contributed by atoms with Gasteiger partial charge >= 0.3 is 0 Å². The molecule has 2 heterocycles. The van der Waals surface area contributed by atoms with Crippen LogP contribution in [0.2, 0.25) is 0 Å². The highest BCUT2D eigenvalue weighted by Gasteiger charge is 2.45. The summed E-state index contributed by atoms with van der Waals surface area (Å²) in [6.45, 7) is 13.2. The van der Waals surface area contributed by atoms with Crippen LogP contribution in [0.4, 0.5) is 0 Å². The molecular weight excluding hydrogens is 242 g/mol. The molecular formula is C14H25N3O2. The fourth-order valence-electron chi connectivity index (χ4n) is 2.66. The van der Waals surface area contributed by atoms with Gasteiger partial charge in [0.25, 0.3) is 0 Å². The van der Waals surface area contributed by atoms with Crippen LogP contribution in [0.25, 0.3) is 0 Å². The van der Waals surface area contributed by atoms with Gasteiger partial charge in [-0.05, 0) is 34.1 Å². The fourth-order valence-corrected chi connectivity index (χ4v) is 2.66. The van der Waals surface area contributed by atoms with Gasteiger partial charge in [0.1, 0.15) is 0 Å². The van der Waals surface area contributed by atoms with Crippen molar-refractivity contribution in [2.45, 2.75) is 77.7 Å². The lowest BCUT2D eigenvalue weighted by atomic mass is 9.94. The molecule has 0 bridgehead atoms. The molecule has 0 spiro atoms. The van der Waals surface area contributed by atoms with Gasteiger partial charge in [0.05, 0.1) is 17.7 Å². The largest absolute Gasteiger partial charge is 0.424 e. The summed E-state index contributed by atoms with van der Waals surface area (Å²) in [7, 11) is 0. The van der Waals surface area contributed by atoms with Gasteiger partial charge in [-0.2, -0.15) is 0 Å². The minimum atomic E-state index is -0.176. The molecule has 5 nitrogen and oxygen atoms in total. The van der Waals surface area contributed by atoms with Gasteiger partial charge in [-0.15, -0.1) is 10.2 Å². The lowest BCUT2D eigenvalue weighted by Crippen LogP contribution is -2.43. The van der Waals surface area contributed by atoms with E-state index >= 15 is 0 Å². The van der Waals surface area contributed by atoms with Crippen LogP contribution < -0.4 is 5.32 Å². The average Bonchev–Trinajstić information content (AvgIpc) is 2.77. The molecule has 1 atom stereocenters. The zero-order chi connectivity index (χ0) is 14.3. The van der Waals surface area contributed by atoms with Gasteiger partial charge in [0.2, 0.25) is 11.8 Å². The van der Waals surface area contributed by atoms with Crippen LogP contribution in [0.5, 0.6) is 0 Å². The molecule has 1 aliphatic rings. The number of nitrogens with zero attached hydrogens (tertiary/aromatic N) is 2. The fraction of sp³-hybridized carbons (Fsp3) is 0.857. The first kappa shape index (κ1) is 14.5. The minimum absolute atomic E-state index is 0.0842. The molecule has 1 aliphatic heterocycles. The van der Waals surface area contributed by atoms with E-state index in [0.717, 1.165) is 6.42 Å². The Bertz CT molecular complexity index is 438. The number of rotatable bonds is 4. The molecule has 0 aromatic carbocycles. The van der Waals surface area contributed by atoms with Crippen molar-refractivity contribution in [1.82, 2.24) is 15.5 Å². The van der Waals surface area contributed by atoms with Crippen LogP contribution >= 0.6 is 0 Å². The molecule has 0 radical (unpaired) electrons. The Hall–Kier alpha value is -0.940. The third-order valence-corrected chi connectivity index (χ3v) is 3.55. The van der Waals surface area contributed by atoms with Gasteiger partial charge < -0.3 is 14.5 Å². The van der Waals surface area contributed by atoms with E-state index in [2.05, 4.69) is 43.2 Å². The first-order valence-electron chi connectivity index (χ1n) is 6.95. The molecule has 1 N–H and O–H groups in total. The Labute approximate surface area is 115 Å². The van der Waals surface area contributed by atoms with Crippen molar-refractivity contribution in [1.29, 1.82) is 0 Å². The highest BCUT2D eigenvalue weighted by atomic mass is 16.5. The smallest absolute Gasteiger partial charge is 0.230 e. The molecule has 1 aromatic rings. The SMILES string of the molecule is CC(C)c1nnc(CNC2CC(C)(C)OC2(C)C)o1. The lowest BCUT2D eigenvalue weighted by molar-refractivity contribution is -0.0700. The molecule has 5 heteroatoms. The average molecular weight is 267 g/mol. The Kier molecular flexibility index (Phi) is 3.71. The van der Waals surface area contributed by atoms with Gasteiger partial charge in [-0.3, -0.25) is 0 Å². The van der Waals surface area contributed by atoms with Crippen molar-refractivity contribution in [2.75, 3.05) is 0 Å². The summed E-state index contributed by atoms with van der Waals surface area (Å²) in [5, 5.41) is 11.6. The van der Waals surface area contributed by atoms with Gasteiger partial charge in [-0.1, -0.05) is 13.8 Å². The Morgan fingerprint density at radius 3 is 2.42 bits per heavy atom. The molecule has 1 saturated heterocycles. The van der Waals surface area contributed by atoms with Crippen LogP contribution in [-0.2, 0) is 11.3 Å². The lowest BCUT2D eigenvalue weighted by Gasteiger charge is -2.27. The molecule has 1 aromatic heterocycles. The highest BCUT2D eigenvalue weighted by molar-refractivity contribution is 4.99. The number of ether oxygens (including phenoxy) is 1. The van der Waals surface area contributed by atoms with Crippen LogP contribution in [0.15, 0.2) is 4.42 Å². The maximum absolute atomic E-state index is 6.05. The summed E-state index contributed by atoms with van der Waals surface area (Å²) >= 11 is 0. The summed E-state index contributed by atoms with van der Waals surface area (Å²) in [5.41, 5.74) is -0.260. The minimum Gasteiger partial charge on any atom is -0.424 e. The van der Waals surface area contributed by atoms with Crippen molar-refractivity contribution in [2.24, 2.45) is 0 Å².